The third-order valence-corrected chi connectivity index (χ3v) is 5.01. The first-order valence-electron chi connectivity index (χ1n) is 7.40. The molecule has 0 unspecified atom stereocenters. The molecule has 22 heavy (non-hydrogen) atoms. The van der Waals surface area contributed by atoms with Gasteiger partial charge in [0.05, 0.1) is 11.7 Å². The number of benzene rings is 1. The van der Waals surface area contributed by atoms with E-state index >= 15 is 0 Å². The lowest BCUT2D eigenvalue weighted by Gasteiger charge is -2.37. The Balaban J connectivity index is 1.77. The molecule has 116 valence electrons. The highest BCUT2D eigenvalue weighted by atomic mass is 32.1. The largest absolute Gasteiger partial charge is 0.465 e. The van der Waals surface area contributed by atoms with Gasteiger partial charge in [-0.2, -0.15) is 0 Å². The van der Waals surface area contributed by atoms with E-state index in [1.807, 2.05) is 35.7 Å². The van der Waals surface area contributed by atoms with Gasteiger partial charge in [-0.05, 0) is 12.8 Å². The van der Waals surface area contributed by atoms with Crippen molar-refractivity contribution in [1.82, 2.24) is 9.88 Å². The second-order valence-corrected chi connectivity index (χ2v) is 6.42. The minimum atomic E-state index is -0.890. The van der Waals surface area contributed by atoms with Crippen LogP contribution in [0, 0.1) is 0 Å². The van der Waals surface area contributed by atoms with Gasteiger partial charge in [-0.3, -0.25) is 0 Å². The van der Waals surface area contributed by atoms with Crippen LogP contribution in [0.2, 0.25) is 0 Å². The molecular weight excluding hydrogens is 298 g/mol. The third-order valence-electron chi connectivity index (χ3n) is 4.07. The fourth-order valence-corrected chi connectivity index (χ4v) is 3.75. The molecule has 1 aromatic heterocycles. The van der Waals surface area contributed by atoms with Gasteiger partial charge in [-0.25, -0.2) is 9.78 Å². The third kappa shape index (κ3) is 3.13. The fraction of sp³-hybridized carbons (Fsp3) is 0.375. The molecule has 1 amide bonds. The molecule has 1 aliphatic heterocycles. The molecule has 1 fully saturated rings. The van der Waals surface area contributed by atoms with Crippen molar-refractivity contribution in [3.8, 4) is 10.6 Å². The van der Waals surface area contributed by atoms with Gasteiger partial charge in [-0.15, -0.1) is 11.3 Å². The molecule has 1 aliphatic rings. The summed E-state index contributed by atoms with van der Waals surface area (Å²) in [6.07, 6.45) is 1.38. The van der Waals surface area contributed by atoms with Crippen LogP contribution in [0.1, 0.15) is 18.5 Å². The van der Waals surface area contributed by atoms with Crippen LogP contribution in [-0.4, -0.2) is 39.7 Å². The number of aromatic nitrogens is 1. The number of likely N-dealkylation sites (tertiary alicyclic amines) is 1. The number of piperidine rings is 1. The van der Waals surface area contributed by atoms with E-state index in [0.29, 0.717) is 13.0 Å². The van der Waals surface area contributed by atoms with Crippen molar-refractivity contribution < 1.29 is 9.90 Å². The Kier molecular flexibility index (Phi) is 4.40. The van der Waals surface area contributed by atoms with Crippen molar-refractivity contribution in [2.24, 2.45) is 5.73 Å². The first-order chi connectivity index (χ1) is 10.6. The molecule has 0 aliphatic carbocycles. The first kappa shape index (κ1) is 15.0. The average molecular weight is 317 g/mol. The summed E-state index contributed by atoms with van der Waals surface area (Å²) in [5.41, 5.74) is 8.14. The Bertz CT molecular complexity index is 644. The van der Waals surface area contributed by atoms with E-state index in [1.54, 1.807) is 11.3 Å². The van der Waals surface area contributed by atoms with E-state index in [-0.39, 0.29) is 12.1 Å². The van der Waals surface area contributed by atoms with Gasteiger partial charge < -0.3 is 15.7 Å². The number of hydrogen-bond acceptors (Lipinski definition) is 4. The lowest BCUT2D eigenvalue weighted by atomic mass is 9.94. The quantitative estimate of drug-likeness (QED) is 0.912. The van der Waals surface area contributed by atoms with Crippen LogP contribution in [0.5, 0.6) is 0 Å². The maximum atomic E-state index is 11.4. The molecule has 0 radical (unpaired) electrons. The van der Waals surface area contributed by atoms with Gasteiger partial charge in [0.2, 0.25) is 0 Å². The molecule has 6 heteroatoms. The van der Waals surface area contributed by atoms with Crippen molar-refractivity contribution in [3.05, 3.63) is 41.4 Å². The van der Waals surface area contributed by atoms with Crippen LogP contribution in [0.3, 0.4) is 0 Å². The average Bonchev–Trinajstić information content (AvgIpc) is 2.98. The molecule has 3 N–H and O–H groups in total. The van der Waals surface area contributed by atoms with Gasteiger partial charge in [0.1, 0.15) is 5.01 Å². The Morgan fingerprint density at radius 2 is 2.18 bits per heavy atom. The van der Waals surface area contributed by atoms with Crippen LogP contribution < -0.4 is 5.73 Å². The lowest BCUT2D eigenvalue weighted by Crippen LogP contribution is -2.54. The topological polar surface area (TPSA) is 79.5 Å². The van der Waals surface area contributed by atoms with E-state index < -0.39 is 6.09 Å². The first-order valence-corrected chi connectivity index (χ1v) is 8.28. The number of hydrogen-bond donors (Lipinski definition) is 2. The highest BCUT2D eigenvalue weighted by Crippen LogP contribution is 2.26. The van der Waals surface area contributed by atoms with Gasteiger partial charge in [0.15, 0.2) is 0 Å². The smallest absolute Gasteiger partial charge is 0.407 e. The second-order valence-electron chi connectivity index (χ2n) is 5.56. The molecule has 2 aromatic rings. The zero-order valence-corrected chi connectivity index (χ0v) is 13.0. The molecule has 0 saturated carbocycles. The van der Waals surface area contributed by atoms with Gasteiger partial charge in [0, 0.05) is 30.0 Å². The Morgan fingerprint density at radius 3 is 2.91 bits per heavy atom. The molecule has 2 atom stereocenters. The number of carboxylic acid groups (broad SMARTS) is 1. The predicted octanol–water partition coefficient (Wildman–Crippen LogP) is 2.82. The molecule has 1 aromatic carbocycles. The zero-order valence-electron chi connectivity index (χ0n) is 12.2. The van der Waals surface area contributed by atoms with E-state index in [0.717, 1.165) is 29.1 Å². The van der Waals surface area contributed by atoms with Gasteiger partial charge in [0.25, 0.3) is 0 Å². The van der Waals surface area contributed by atoms with E-state index in [9.17, 15) is 9.90 Å². The van der Waals surface area contributed by atoms with Crippen molar-refractivity contribution in [3.63, 3.8) is 0 Å². The zero-order chi connectivity index (χ0) is 15.5. The summed E-state index contributed by atoms with van der Waals surface area (Å²) in [6.45, 7) is 0.559. The minimum absolute atomic E-state index is 0.119. The molecule has 3 rings (SSSR count). The van der Waals surface area contributed by atoms with E-state index in [1.165, 1.54) is 4.90 Å². The number of thiazole rings is 1. The molecule has 2 heterocycles. The van der Waals surface area contributed by atoms with E-state index in [4.69, 9.17) is 5.73 Å². The lowest BCUT2D eigenvalue weighted by molar-refractivity contribution is 0.0971. The number of nitrogens with two attached hydrogens (primary N) is 1. The molecule has 1 saturated heterocycles. The van der Waals surface area contributed by atoms with Crippen LogP contribution >= 0.6 is 11.3 Å². The highest BCUT2D eigenvalue weighted by molar-refractivity contribution is 7.13. The number of nitrogens with zero attached hydrogens (tertiary/aromatic N) is 2. The molecular formula is C16H19N3O2S. The van der Waals surface area contributed by atoms with E-state index in [2.05, 4.69) is 4.98 Å². The van der Waals surface area contributed by atoms with Crippen LogP contribution in [0.25, 0.3) is 10.6 Å². The number of rotatable bonds is 3. The van der Waals surface area contributed by atoms with Crippen molar-refractivity contribution in [2.75, 3.05) is 6.54 Å². The normalized spacial score (nSPS) is 21.8. The summed E-state index contributed by atoms with van der Waals surface area (Å²) in [5.74, 6) is 0. The maximum absolute atomic E-state index is 11.4. The van der Waals surface area contributed by atoms with Crippen molar-refractivity contribution in [1.29, 1.82) is 0 Å². The summed E-state index contributed by atoms with van der Waals surface area (Å²) in [6, 6.07) is 9.70. The highest BCUT2D eigenvalue weighted by Gasteiger charge is 2.32. The predicted molar refractivity (Wildman–Crippen MR) is 87.0 cm³/mol. The number of carbonyl (C=O) groups is 1. The summed E-state index contributed by atoms with van der Waals surface area (Å²) in [5, 5.41) is 12.3. The van der Waals surface area contributed by atoms with Crippen molar-refractivity contribution in [2.45, 2.75) is 31.3 Å². The second kappa shape index (κ2) is 6.46. The van der Waals surface area contributed by atoms with Crippen LogP contribution in [0.15, 0.2) is 35.7 Å². The Labute approximate surface area is 133 Å². The molecule has 0 bridgehead atoms. The summed E-state index contributed by atoms with van der Waals surface area (Å²) in [7, 11) is 0. The Morgan fingerprint density at radius 1 is 1.41 bits per heavy atom. The minimum Gasteiger partial charge on any atom is -0.465 e. The van der Waals surface area contributed by atoms with Crippen molar-refractivity contribution >= 4 is 17.4 Å². The van der Waals surface area contributed by atoms with Gasteiger partial charge >= 0.3 is 6.09 Å². The summed E-state index contributed by atoms with van der Waals surface area (Å²) >= 11 is 1.58. The SMILES string of the molecule is N[C@H]1CCCN(C(=O)O)[C@H]1Cc1csc(-c2ccccc2)n1. The standard InChI is InChI=1S/C16H19N3O2S/c17-13-7-4-8-19(16(20)21)14(13)9-12-10-22-15(18-12)11-5-2-1-3-6-11/h1-3,5-6,10,13-14H,4,7-9,17H2,(H,20,21)/t13-,14-/m0/s1. The summed E-state index contributed by atoms with van der Waals surface area (Å²) < 4.78 is 0. The Hall–Kier alpha value is -1.92. The molecule has 5 nitrogen and oxygen atoms in total. The summed E-state index contributed by atoms with van der Waals surface area (Å²) in [4.78, 5) is 17.5. The maximum Gasteiger partial charge on any atom is 0.407 e. The molecule has 0 spiro atoms. The monoisotopic (exact) mass is 317 g/mol. The van der Waals surface area contributed by atoms with Crippen LogP contribution in [-0.2, 0) is 6.42 Å². The van der Waals surface area contributed by atoms with Crippen LogP contribution in [0.4, 0.5) is 4.79 Å². The number of amides is 1. The van der Waals surface area contributed by atoms with Gasteiger partial charge in [-0.1, -0.05) is 30.3 Å². The fourth-order valence-electron chi connectivity index (χ4n) is 2.91.